The summed E-state index contributed by atoms with van der Waals surface area (Å²) in [7, 11) is 0. The summed E-state index contributed by atoms with van der Waals surface area (Å²) < 4.78 is 0. The molecule has 0 rings (SSSR count). The molecule has 0 spiro atoms. The Hall–Kier alpha value is -0.840. The molecule has 0 fully saturated rings. The Labute approximate surface area is 146 Å². The van der Waals surface area contributed by atoms with Crippen molar-refractivity contribution < 1.29 is 4.92 Å². The van der Waals surface area contributed by atoms with Gasteiger partial charge in [0.2, 0.25) is 5.54 Å². The molecule has 0 bridgehead atoms. The lowest BCUT2D eigenvalue weighted by atomic mass is 9.84. The van der Waals surface area contributed by atoms with Crippen molar-refractivity contribution in [3.63, 3.8) is 0 Å². The van der Waals surface area contributed by atoms with Crippen molar-refractivity contribution >= 4 is 0 Å². The highest BCUT2D eigenvalue weighted by atomic mass is 16.6. The third kappa shape index (κ3) is 10.1. The smallest absolute Gasteiger partial charge is 0.222 e. The Bertz CT molecular complexity index is 282. The molecule has 146 valence electrons. The molecule has 0 aliphatic carbocycles. The molecule has 0 aliphatic rings. The quantitative estimate of drug-likeness (QED) is 0.181. The zero-order chi connectivity index (χ0) is 19.1. The zero-order valence-electron chi connectivity index (χ0n) is 15.2. The first-order valence-electron chi connectivity index (χ1n) is 8.66. The predicted octanol–water partition coefficient (Wildman–Crippen LogP) is -0.913. The molecule has 9 heteroatoms. The van der Waals surface area contributed by atoms with Crippen LogP contribution in [0.15, 0.2) is 0 Å². The fourth-order valence-corrected chi connectivity index (χ4v) is 2.19. The summed E-state index contributed by atoms with van der Waals surface area (Å²) in [5.74, 6) is 0. The van der Waals surface area contributed by atoms with E-state index >= 15 is 0 Å². The van der Waals surface area contributed by atoms with Crippen molar-refractivity contribution in [2.75, 3.05) is 39.3 Å². The fraction of sp³-hybridized carbons (Fsp3) is 1.00. The highest BCUT2D eigenvalue weighted by Crippen LogP contribution is 2.28. The number of nitro groups is 1. The van der Waals surface area contributed by atoms with E-state index in [0.29, 0.717) is 77.8 Å². The predicted molar refractivity (Wildman–Crippen MR) is 99.9 cm³/mol. The third-order valence-electron chi connectivity index (χ3n) is 4.40. The molecular formula is C15H39N7O2. The van der Waals surface area contributed by atoms with Crippen LogP contribution in [0, 0.1) is 15.5 Å². The standard InChI is InChI=1S/C10H24N4O2.C5H15N3/c11-7-1-4-10(14(15)16,5-2-8-12)6-3-9-13;1-5(2-6,3-7)4-8/h1-9,11-13H2;2-4,6-8H2,1H3. The fourth-order valence-electron chi connectivity index (χ4n) is 2.19. The highest BCUT2D eigenvalue weighted by molar-refractivity contribution is 4.80. The van der Waals surface area contributed by atoms with Crippen LogP contribution in [0.2, 0.25) is 0 Å². The number of hydrogen-bond acceptors (Lipinski definition) is 8. The van der Waals surface area contributed by atoms with E-state index in [1.165, 1.54) is 0 Å². The second-order valence-electron chi connectivity index (χ2n) is 6.58. The summed E-state index contributed by atoms with van der Waals surface area (Å²) in [5, 5.41) is 11.2. The Morgan fingerprint density at radius 2 is 1.04 bits per heavy atom. The summed E-state index contributed by atoms with van der Waals surface area (Å²) in [4.78, 5) is 11.1. The monoisotopic (exact) mass is 349 g/mol. The summed E-state index contributed by atoms with van der Waals surface area (Å²) in [6.45, 7) is 5.15. The Kier molecular flexibility index (Phi) is 15.3. The molecule has 0 aromatic heterocycles. The van der Waals surface area contributed by atoms with Crippen molar-refractivity contribution in [1.29, 1.82) is 0 Å². The largest absolute Gasteiger partial charge is 0.330 e. The minimum Gasteiger partial charge on any atom is -0.330 e. The number of nitrogens with zero attached hydrogens (tertiary/aromatic N) is 1. The van der Waals surface area contributed by atoms with Crippen LogP contribution in [0.3, 0.4) is 0 Å². The van der Waals surface area contributed by atoms with Gasteiger partial charge in [0, 0.05) is 49.2 Å². The van der Waals surface area contributed by atoms with Crippen LogP contribution >= 0.6 is 0 Å². The van der Waals surface area contributed by atoms with Gasteiger partial charge in [-0.05, 0) is 38.9 Å². The first-order chi connectivity index (χ1) is 11.3. The van der Waals surface area contributed by atoms with Crippen LogP contribution in [0.5, 0.6) is 0 Å². The summed E-state index contributed by atoms with van der Waals surface area (Å²) >= 11 is 0. The van der Waals surface area contributed by atoms with Crippen molar-refractivity contribution in [2.45, 2.75) is 51.0 Å². The molecule has 0 aliphatic heterocycles. The molecule has 0 aromatic carbocycles. The first kappa shape index (κ1) is 25.4. The lowest BCUT2D eigenvalue weighted by molar-refractivity contribution is -0.574. The van der Waals surface area contributed by atoms with E-state index in [0.717, 1.165) is 0 Å². The number of hydrogen-bond donors (Lipinski definition) is 6. The average Bonchev–Trinajstić information content (AvgIpc) is 2.61. The van der Waals surface area contributed by atoms with Gasteiger partial charge in [-0.2, -0.15) is 0 Å². The van der Waals surface area contributed by atoms with Gasteiger partial charge < -0.3 is 34.4 Å². The molecule has 0 amide bonds. The van der Waals surface area contributed by atoms with E-state index < -0.39 is 5.54 Å². The third-order valence-corrected chi connectivity index (χ3v) is 4.40. The van der Waals surface area contributed by atoms with E-state index in [1.807, 2.05) is 6.92 Å². The number of rotatable bonds is 13. The Morgan fingerprint density at radius 1 is 0.750 bits per heavy atom. The molecule has 0 aromatic rings. The van der Waals surface area contributed by atoms with Gasteiger partial charge in [-0.15, -0.1) is 0 Å². The molecular weight excluding hydrogens is 310 g/mol. The van der Waals surface area contributed by atoms with E-state index in [9.17, 15) is 10.1 Å². The van der Waals surface area contributed by atoms with Gasteiger partial charge in [-0.25, -0.2) is 0 Å². The van der Waals surface area contributed by atoms with E-state index in [-0.39, 0.29) is 10.3 Å². The molecule has 0 atom stereocenters. The minimum atomic E-state index is -0.863. The molecule has 0 unspecified atom stereocenters. The van der Waals surface area contributed by atoms with E-state index in [2.05, 4.69) is 0 Å². The molecule has 0 radical (unpaired) electrons. The molecule has 12 N–H and O–H groups in total. The van der Waals surface area contributed by atoms with Gasteiger partial charge in [0.1, 0.15) is 0 Å². The van der Waals surface area contributed by atoms with Crippen molar-refractivity contribution in [2.24, 2.45) is 39.8 Å². The van der Waals surface area contributed by atoms with Crippen LogP contribution in [0.1, 0.15) is 45.4 Å². The van der Waals surface area contributed by atoms with Crippen molar-refractivity contribution in [3.05, 3.63) is 10.1 Å². The maximum absolute atomic E-state index is 11.2. The van der Waals surface area contributed by atoms with Crippen LogP contribution in [-0.4, -0.2) is 49.7 Å². The lowest BCUT2D eigenvalue weighted by Gasteiger charge is -2.25. The topological polar surface area (TPSA) is 199 Å². The maximum Gasteiger partial charge on any atom is 0.222 e. The lowest BCUT2D eigenvalue weighted by Crippen LogP contribution is -2.41. The van der Waals surface area contributed by atoms with Gasteiger partial charge in [0.25, 0.3) is 0 Å². The van der Waals surface area contributed by atoms with Crippen LogP contribution in [0.4, 0.5) is 0 Å². The van der Waals surface area contributed by atoms with Gasteiger partial charge in [0.05, 0.1) is 0 Å². The summed E-state index contributed by atoms with van der Waals surface area (Å²) in [5.41, 5.74) is 31.5. The summed E-state index contributed by atoms with van der Waals surface area (Å²) in [6.07, 6.45) is 3.60. The maximum atomic E-state index is 11.2. The number of nitrogens with two attached hydrogens (primary N) is 6. The van der Waals surface area contributed by atoms with Crippen molar-refractivity contribution in [3.8, 4) is 0 Å². The zero-order valence-corrected chi connectivity index (χ0v) is 15.2. The first-order valence-corrected chi connectivity index (χ1v) is 8.66. The molecule has 24 heavy (non-hydrogen) atoms. The van der Waals surface area contributed by atoms with Crippen LogP contribution in [0.25, 0.3) is 0 Å². The summed E-state index contributed by atoms with van der Waals surface area (Å²) in [6, 6.07) is 0. The van der Waals surface area contributed by atoms with Gasteiger partial charge in [0.15, 0.2) is 0 Å². The SMILES string of the molecule is CC(CN)(CN)CN.NCCCC(CCCN)(CCCN)[N+](=O)[O-]. The van der Waals surface area contributed by atoms with Crippen molar-refractivity contribution in [1.82, 2.24) is 0 Å². The van der Waals surface area contributed by atoms with Crippen LogP contribution < -0.4 is 34.4 Å². The van der Waals surface area contributed by atoms with E-state index in [1.54, 1.807) is 0 Å². The normalized spacial score (nSPS) is 11.8. The Balaban J connectivity index is 0. The highest BCUT2D eigenvalue weighted by Gasteiger charge is 2.40. The molecule has 0 heterocycles. The second-order valence-corrected chi connectivity index (χ2v) is 6.58. The van der Waals surface area contributed by atoms with E-state index in [4.69, 9.17) is 34.4 Å². The molecule has 0 saturated heterocycles. The molecule has 0 saturated carbocycles. The van der Waals surface area contributed by atoms with Crippen LogP contribution in [-0.2, 0) is 0 Å². The average molecular weight is 350 g/mol. The van der Waals surface area contributed by atoms with Gasteiger partial charge in [-0.1, -0.05) is 6.92 Å². The minimum absolute atomic E-state index is 0.0417. The Morgan fingerprint density at radius 3 is 1.17 bits per heavy atom. The molecule has 9 nitrogen and oxygen atoms in total. The van der Waals surface area contributed by atoms with Gasteiger partial charge in [-0.3, -0.25) is 10.1 Å². The second kappa shape index (κ2) is 14.5. The van der Waals surface area contributed by atoms with Gasteiger partial charge >= 0.3 is 0 Å².